The van der Waals surface area contributed by atoms with E-state index in [0.717, 1.165) is 22.3 Å². The summed E-state index contributed by atoms with van der Waals surface area (Å²) >= 11 is 0. The van der Waals surface area contributed by atoms with Gasteiger partial charge in [0.05, 0.1) is 21.3 Å². The Hall–Kier alpha value is -7.82. The Labute approximate surface area is 435 Å². The monoisotopic (exact) mass is 1040 g/mol. The van der Waals surface area contributed by atoms with Crippen molar-refractivity contribution in [2.24, 2.45) is 11.8 Å². The summed E-state index contributed by atoms with van der Waals surface area (Å²) in [7, 11) is -7.18. The summed E-state index contributed by atoms with van der Waals surface area (Å²) in [5, 5.41) is 10.9. The lowest BCUT2D eigenvalue weighted by Gasteiger charge is -2.22. The minimum absolute atomic E-state index is 0.0790. The summed E-state index contributed by atoms with van der Waals surface area (Å²) in [6, 6.07) is 51.9. The molecule has 6 aromatic rings. The van der Waals surface area contributed by atoms with Gasteiger partial charge in [-0.25, -0.2) is 26.4 Å². The lowest BCUT2D eigenvalue weighted by molar-refractivity contribution is -0.124. The molecule has 0 spiro atoms. The van der Waals surface area contributed by atoms with Crippen molar-refractivity contribution in [3.8, 4) is 0 Å². The molecule has 0 radical (unpaired) electrons. The summed E-state index contributed by atoms with van der Waals surface area (Å²) < 4.78 is 61.8. The Morgan fingerprint density at radius 3 is 0.973 bits per heavy atom. The van der Waals surface area contributed by atoms with Gasteiger partial charge in [-0.05, 0) is 70.5 Å². The third-order valence-electron chi connectivity index (χ3n) is 11.2. The molecule has 0 bridgehead atoms. The fourth-order valence-electron chi connectivity index (χ4n) is 7.16. The summed E-state index contributed by atoms with van der Waals surface area (Å²) in [5.74, 6) is -1.95. The van der Waals surface area contributed by atoms with Crippen LogP contribution in [-0.2, 0) is 64.8 Å². The molecule has 74 heavy (non-hydrogen) atoms. The normalized spacial score (nSPS) is 12.6. The van der Waals surface area contributed by atoms with Gasteiger partial charge >= 0.3 is 12.2 Å². The first-order chi connectivity index (χ1) is 35.5. The molecule has 0 aromatic heterocycles. The number of rotatable bonds is 22. The highest BCUT2D eigenvalue weighted by atomic mass is 32.2. The number of hydrogen-bond acceptors (Lipinski definition) is 10. The highest BCUT2D eigenvalue weighted by Crippen LogP contribution is 2.16. The zero-order valence-electron chi connectivity index (χ0n) is 41.9. The van der Waals surface area contributed by atoms with Crippen LogP contribution in [0.2, 0.25) is 0 Å². The topological polar surface area (TPSA) is 203 Å². The maximum Gasteiger partial charge on any atom is 0.408 e. The Kier molecular flexibility index (Phi) is 22.4. The third kappa shape index (κ3) is 19.7. The Balaban J connectivity index is 0.000000274. The second kappa shape index (κ2) is 29.0. The van der Waals surface area contributed by atoms with Crippen LogP contribution in [0.15, 0.2) is 215 Å². The minimum atomic E-state index is -3.59. The fraction of sp³-hybridized carbons (Fsp3) is 0.241. The second-order valence-electron chi connectivity index (χ2n) is 17.8. The predicted molar refractivity (Wildman–Crippen MR) is 287 cm³/mol. The maximum absolute atomic E-state index is 13.2. The van der Waals surface area contributed by atoms with Crippen LogP contribution in [-0.4, -0.2) is 64.4 Å². The quantitative estimate of drug-likeness (QED) is 0.0508. The number of hydrogen-bond donors (Lipinski definition) is 4. The lowest BCUT2D eigenvalue weighted by atomic mass is 10.0. The Morgan fingerprint density at radius 1 is 0.419 bits per heavy atom. The average Bonchev–Trinajstić information content (AvgIpc) is 3.40. The molecular formula is C58H64N4O10S2. The van der Waals surface area contributed by atoms with Gasteiger partial charge in [-0.2, -0.15) is 0 Å². The molecule has 0 aliphatic rings. The number of sulfone groups is 2. The van der Waals surface area contributed by atoms with Crippen molar-refractivity contribution >= 4 is 43.7 Å². The first kappa shape index (κ1) is 57.1. The molecule has 14 nitrogen and oxygen atoms in total. The number of benzene rings is 6. The number of amides is 4. The number of alkyl carbamates (subject to hydrolysis) is 2. The van der Waals surface area contributed by atoms with E-state index in [4.69, 9.17) is 9.47 Å². The standard InChI is InChI=1S/2C29H32N2O5S/c2*1-22(2)27(31-29(33)36-21-24-14-8-4-9-15-24)28(32)30-25(20-23-12-6-3-7-13-23)18-19-37(34,35)26-16-10-5-11-17-26/h2*3-18,22,27H,19-21H2,1-2H3,(H,30,32)(H,31,33)/b25-18+;25-18-/t2*27-/m00/s1. The smallest absolute Gasteiger partial charge is 0.408 e. The van der Waals surface area contributed by atoms with E-state index < -0.39 is 55.8 Å². The lowest BCUT2D eigenvalue weighted by Crippen LogP contribution is -2.49. The van der Waals surface area contributed by atoms with Gasteiger partial charge in [0.15, 0.2) is 19.7 Å². The Bertz CT molecular complexity index is 2790. The SMILES string of the molecule is CC(C)[C@H](NC(=O)OCc1ccccc1)C(=O)N/C(=C/CS(=O)(=O)c1ccccc1)Cc1ccccc1.CC(C)[C@H](NC(=O)OCc1ccccc1)C(=O)N/C(=C\CS(=O)(=O)c1ccccc1)Cc1ccccc1. The van der Waals surface area contributed by atoms with Crippen LogP contribution in [0.3, 0.4) is 0 Å². The van der Waals surface area contributed by atoms with Crippen molar-refractivity contribution in [3.63, 3.8) is 0 Å². The van der Waals surface area contributed by atoms with Crippen LogP contribution < -0.4 is 21.3 Å². The van der Waals surface area contributed by atoms with E-state index in [9.17, 15) is 36.0 Å². The molecule has 0 saturated carbocycles. The van der Waals surface area contributed by atoms with E-state index in [1.54, 1.807) is 60.7 Å². The third-order valence-corrected chi connectivity index (χ3v) is 14.4. The van der Waals surface area contributed by atoms with Crippen LogP contribution in [0.5, 0.6) is 0 Å². The van der Waals surface area contributed by atoms with E-state index in [-0.39, 0.29) is 46.3 Å². The number of nitrogens with one attached hydrogen (secondary N) is 4. The van der Waals surface area contributed by atoms with Crippen LogP contribution in [0.25, 0.3) is 0 Å². The van der Waals surface area contributed by atoms with Crippen molar-refractivity contribution in [1.29, 1.82) is 0 Å². The molecule has 16 heteroatoms. The van der Waals surface area contributed by atoms with Gasteiger partial charge in [0.25, 0.3) is 0 Å². The van der Waals surface area contributed by atoms with Gasteiger partial charge in [-0.1, -0.05) is 185 Å². The fourth-order valence-corrected chi connectivity index (χ4v) is 9.53. The van der Waals surface area contributed by atoms with E-state index in [1.807, 2.05) is 149 Å². The molecule has 0 saturated heterocycles. The van der Waals surface area contributed by atoms with Crippen molar-refractivity contribution in [2.45, 2.75) is 75.6 Å². The van der Waals surface area contributed by atoms with Crippen LogP contribution >= 0.6 is 0 Å². The molecule has 0 aliphatic heterocycles. The highest BCUT2D eigenvalue weighted by Gasteiger charge is 2.27. The first-order valence-corrected chi connectivity index (χ1v) is 27.4. The molecular weight excluding hydrogens is 977 g/mol. The molecule has 0 heterocycles. The van der Waals surface area contributed by atoms with Crippen LogP contribution in [0.1, 0.15) is 49.9 Å². The molecule has 6 rings (SSSR count). The van der Waals surface area contributed by atoms with Gasteiger partial charge in [-0.3, -0.25) is 9.59 Å². The largest absolute Gasteiger partial charge is 0.445 e. The maximum atomic E-state index is 13.2. The molecule has 4 amide bonds. The number of allylic oxidation sites excluding steroid dienone is 2. The second-order valence-corrected chi connectivity index (χ2v) is 21.9. The molecule has 0 aliphatic carbocycles. The molecule has 0 fully saturated rings. The van der Waals surface area contributed by atoms with Crippen LogP contribution in [0.4, 0.5) is 9.59 Å². The van der Waals surface area contributed by atoms with Crippen molar-refractivity contribution in [3.05, 3.63) is 228 Å². The molecule has 2 atom stereocenters. The number of ether oxygens (including phenoxy) is 2. The van der Waals surface area contributed by atoms with Gasteiger partial charge in [0.2, 0.25) is 11.8 Å². The summed E-state index contributed by atoms with van der Waals surface area (Å²) in [6.45, 7) is 7.39. The molecule has 6 aromatic carbocycles. The first-order valence-electron chi connectivity index (χ1n) is 24.1. The van der Waals surface area contributed by atoms with E-state index in [2.05, 4.69) is 21.3 Å². The van der Waals surface area contributed by atoms with Gasteiger partial charge in [-0.15, -0.1) is 0 Å². The Morgan fingerprint density at radius 2 is 0.689 bits per heavy atom. The zero-order chi connectivity index (χ0) is 53.4. The number of carbonyl (C=O) groups is 4. The van der Waals surface area contributed by atoms with E-state index >= 15 is 0 Å². The average molecular weight is 1040 g/mol. The summed E-state index contributed by atoms with van der Waals surface area (Å²) in [4.78, 5) is 51.7. The van der Waals surface area contributed by atoms with Gasteiger partial charge in [0, 0.05) is 24.2 Å². The van der Waals surface area contributed by atoms with Crippen molar-refractivity contribution in [1.82, 2.24) is 21.3 Å². The van der Waals surface area contributed by atoms with Gasteiger partial charge in [0.1, 0.15) is 25.3 Å². The molecule has 4 N–H and O–H groups in total. The predicted octanol–water partition coefficient (Wildman–Crippen LogP) is 9.31. The van der Waals surface area contributed by atoms with Crippen LogP contribution in [0, 0.1) is 11.8 Å². The van der Waals surface area contributed by atoms with Crippen molar-refractivity contribution < 1.29 is 45.5 Å². The molecule has 0 unspecified atom stereocenters. The minimum Gasteiger partial charge on any atom is -0.445 e. The number of carbonyl (C=O) groups excluding carboxylic acids is 4. The molecule has 388 valence electrons. The summed E-state index contributed by atoms with van der Waals surface area (Å²) in [6.07, 6.45) is 2.24. The van der Waals surface area contributed by atoms with Crippen molar-refractivity contribution in [2.75, 3.05) is 11.5 Å². The summed E-state index contributed by atoms with van der Waals surface area (Å²) in [5.41, 5.74) is 4.33. The van der Waals surface area contributed by atoms with Gasteiger partial charge < -0.3 is 30.7 Å². The van der Waals surface area contributed by atoms with E-state index in [0.29, 0.717) is 24.2 Å². The zero-order valence-corrected chi connectivity index (χ0v) is 43.6. The highest BCUT2D eigenvalue weighted by molar-refractivity contribution is 7.91. The van der Waals surface area contributed by atoms with E-state index in [1.165, 1.54) is 12.2 Å².